The molecule has 1 atom stereocenters. The molecule has 0 fully saturated rings. The van der Waals surface area contributed by atoms with Gasteiger partial charge in [0, 0.05) is 12.6 Å². The topological polar surface area (TPSA) is 32.3 Å². The molecule has 2 N–H and O–H groups in total. The zero-order valence-electron chi connectivity index (χ0n) is 13.2. The molecule has 0 aliphatic rings. The lowest BCUT2D eigenvalue weighted by molar-refractivity contribution is 0.474. The number of phenolic OH excluding ortho intramolecular Hbond substituents is 1. The van der Waals surface area contributed by atoms with E-state index in [0.29, 0.717) is 11.8 Å². The first-order chi connectivity index (χ1) is 10.0. The molecule has 0 spiro atoms. The predicted molar refractivity (Wildman–Crippen MR) is 88.6 cm³/mol. The number of rotatable bonds is 6. The first-order valence-corrected chi connectivity index (χ1v) is 7.62. The van der Waals surface area contributed by atoms with Gasteiger partial charge in [0.25, 0.3) is 0 Å². The van der Waals surface area contributed by atoms with Crippen molar-refractivity contribution in [2.75, 3.05) is 0 Å². The summed E-state index contributed by atoms with van der Waals surface area (Å²) in [6.07, 6.45) is 2.12. The SMILES string of the molecule is Cc1ccc(CNC(C)CCc2ccc(O)cc2)cc1C. The van der Waals surface area contributed by atoms with Crippen molar-refractivity contribution in [3.63, 3.8) is 0 Å². The standard InChI is InChI=1S/C19H25NO/c1-14-4-6-18(12-15(14)2)13-20-16(3)5-7-17-8-10-19(21)11-9-17/h4,6,8-12,16,20-21H,5,7,13H2,1-3H3. The minimum Gasteiger partial charge on any atom is -0.508 e. The fraction of sp³-hybridized carbons (Fsp3) is 0.368. The molecule has 0 aliphatic carbocycles. The molecule has 21 heavy (non-hydrogen) atoms. The third-order valence-electron chi connectivity index (χ3n) is 4.03. The zero-order valence-corrected chi connectivity index (χ0v) is 13.2. The Kier molecular flexibility index (Phi) is 5.40. The van der Waals surface area contributed by atoms with E-state index < -0.39 is 0 Å². The van der Waals surface area contributed by atoms with Crippen LogP contribution in [0.4, 0.5) is 0 Å². The van der Waals surface area contributed by atoms with Crippen LogP contribution in [0.15, 0.2) is 42.5 Å². The Balaban J connectivity index is 1.77. The Morgan fingerprint density at radius 3 is 2.29 bits per heavy atom. The van der Waals surface area contributed by atoms with Gasteiger partial charge in [-0.3, -0.25) is 0 Å². The van der Waals surface area contributed by atoms with Gasteiger partial charge in [-0.25, -0.2) is 0 Å². The summed E-state index contributed by atoms with van der Waals surface area (Å²) in [6, 6.07) is 14.6. The van der Waals surface area contributed by atoms with Crippen LogP contribution >= 0.6 is 0 Å². The number of hydrogen-bond acceptors (Lipinski definition) is 2. The van der Waals surface area contributed by atoms with Crippen LogP contribution in [0.1, 0.15) is 35.6 Å². The lowest BCUT2D eigenvalue weighted by atomic mass is 10.0. The summed E-state index contributed by atoms with van der Waals surface area (Å²) in [6.45, 7) is 7.44. The minimum absolute atomic E-state index is 0.333. The second-order valence-electron chi connectivity index (χ2n) is 5.91. The maximum absolute atomic E-state index is 9.27. The van der Waals surface area contributed by atoms with Gasteiger partial charge in [-0.2, -0.15) is 0 Å². The van der Waals surface area contributed by atoms with Crippen LogP contribution in [-0.2, 0) is 13.0 Å². The molecule has 2 nitrogen and oxygen atoms in total. The van der Waals surface area contributed by atoms with Gasteiger partial charge in [-0.05, 0) is 68.0 Å². The van der Waals surface area contributed by atoms with E-state index in [2.05, 4.69) is 44.3 Å². The Hall–Kier alpha value is -1.80. The summed E-state index contributed by atoms with van der Waals surface area (Å²) in [7, 11) is 0. The summed E-state index contributed by atoms with van der Waals surface area (Å²) < 4.78 is 0. The molecular formula is C19H25NO. The Morgan fingerprint density at radius 2 is 1.62 bits per heavy atom. The summed E-state index contributed by atoms with van der Waals surface area (Å²) in [5, 5.41) is 12.9. The first kappa shape index (κ1) is 15.6. The van der Waals surface area contributed by atoms with Crippen molar-refractivity contribution in [2.24, 2.45) is 0 Å². The van der Waals surface area contributed by atoms with E-state index in [1.165, 1.54) is 22.3 Å². The number of nitrogens with one attached hydrogen (secondary N) is 1. The summed E-state index contributed by atoms with van der Waals surface area (Å²) in [4.78, 5) is 0. The molecule has 2 rings (SSSR count). The zero-order chi connectivity index (χ0) is 15.2. The van der Waals surface area contributed by atoms with Crippen LogP contribution in [0, 0.1) is 13.8 Å². The highest BCUT2D eigenvalue weighted by atomic mass is 16.3. The predicted octanol–water partition coefficient (Wildman–Crippen LogP) is 4.12. The highest BCUT2D eigenvalue weighted by Gasteiger charge is 2.03. The minimum atomic E-state index is 0.333. The van der Waals surface area contributed by atoms with Crippen molar-refractivity contribution in [3.05, 3.63) is 64.7 Å². The van der Waals surface area contributed by atoms with Crippen LogP contribution in [0.2, 0.25) is 0 Å². The highest BCUT2D eigenvalue weighted by Crippen LogP contribution is 2.13. The molecule has 0 saturated carbocycles. The van der Waals surface area contributed by atoms with E-state index in [-0.39, 0.29) is 0 Å². The number of phenols is 1. The second kappa shape index (κ2) is 7.28. The van der Waals surface area contributed by atoms with Gasteiger partial charge < -0.3 is 10.4 Å². The van der Waals surface area contributed by atoms with Crippen LogP contribution in [0.3, 0.4) is 0 Å². The maximum Gasteiger partial charge on any atom is 0.115 e. The molecule has 0 aromatic heterocycles. The van der Waals surface area contributed by atoms with Crippen molar-refractivity contribution >= 4 is 0 Å². The fourth-order valence-corrected chi connectivity index (χ4v) is 2.35. The number of benzene rings is 2. The summed E-state index contributed by atoms with van der Waals surface area (Å²) in [5.41, 5.74) is 5.31. The van der Waals surface area contributed by atoms with Crippen LogP contribution in [-0.4, -0.2) is 11.1 Å². The third-order valence-corrected chi connectivity index (χ3v) is 4.03. The van der Waals surface area contributed by atoms with Crippen molar-refractivity contribution in [1.29, 1.82) is 0 Å². The van der Waals surface area contributed by atoms with Crippen LogP contribution in [0.25, 0.3) is 0 Å². The van der Waals surface area contributed by atoms with Crippen LogP contribution < -0.4 is 5.32 Å². The second-order valence-corrected chi connectivity index (χ2v) is 5.91. The molecular weight excluding hydrogens is 258 g/mol. The average molecular weight is 283 g/mol. The Morgan fingerprint density at radius 1 is 0.952 bits per heavy atom. The normalized spacial score (nSPS) is 12.3. The quantitative estimate of drug-likeness (QED) is 0.836. The van der Waals surface area contributed by atoms with Gasteiger partial charge in [0.1, 0.15) is 5.75 Å². The van der Waals surface area contributed by atoms with E-state index in [1.54, 1.807) is 12.1 Å². The van der Waals surface area contributed by atoms with Crippen molar-refractivity contribution in [3.8, 4) is 5.75 Å². The third kappa shape index (κ3) is 4.91. The molecule has 0 saturated heterocycles. The number of hydrogen-bond donors (Lipinski definition) is 2. The van der Waals surface area contributed by atoms with Gasteiger partial charge in [0.2, 0.25) is 0 Å². The van der Waals surface area contributed by atoms with Gasteiger partial charge in [0.15, 0.2) is 0 Å². The molecule has 1 unspecified atom stereocenters. The van der Waals surface area contributed by atoms with E-state index in [0.717, 1.165) is 19.4 Å². The van der Waals surface area contributed by atoms with Crippen LogP contribution in [0.5, 0.6) is 5.75 Å². The Bertz CT molecular complexity index is 575. The van der Waals surface area contributed by atoms with Gasteiger partial charge in [-0.15, -0.1) is 0 Å². The number of aryl methyl sites for hydroxylation is 3. The lowest BCUT2D eigenvalue weighted by Crippen LogP contribution is -2.26. The van der Waals surface area contributed by atoms with Crippen molar-refractivity contribution in [1.82, 2.24) is 5.32 Å². The molecule has 2 aromatic carbocycles. The largest absolute Gasteiger partial charge is 0.508 e. The molecule has 0 heterocycles. The van der Waals surface area contributed by atoms with E-state index in [1.807, 2.05) is 12.1 Å². The molecule has 0 aliphatic heterocycles. The molecule has 2 aromatic rings. The first-order valence-electron chi connectivity index (χ1n) is 7.62. The average Bonchev–Trinajstić information content (AvgIpc) is 2.48. The number of aromatic hydroxyl groups is 1. The van der Waals surface area contributed by atoms with E-state index >= 15 is 0 Å². The Labute approximate surface area is 127 Å². The van der Waals surface area contributed by atoms with Crippen molar-refractivity contribution < 1.29 is 5.11 Å². The molecule has 2 heteroatoms. The monoisotopic (exact) mass is 283 g/mol. The van der Waals surface area contributed by atoms with E-state index in [4.69, 9.17) is 0 Å². The van der Waals surface area contributed by atoms with Gasteiger partial charge in [-0.1, -0.05) is 30.3 Å². The molecule has 0 bridgehead atoms. The summed E-state index contributed by atoms with van der Waals surface area (Å²) >= 11 is 0. The molecule has 112 valence electrons. The van der Waals surface area contributed by atoms with E-state index in [9.17, 15) is 5.11 Å². The molecule has 0 amide bonds. The smallest absolute Gasteiger partial charge is 0.115 e. The fourth-order valence-electron chi connectivity index (χ4n) is 2.35. The van der Waals surface area contributed by atoms with Gasteiger partial charge in [0.05, 0.1) is 0 Å². The lowest BCUT2D eigenvalue weighted by Gasteiger charge is -2.14. The van der Waals surface area contributed by atoms with Gasteiger partial charge >= 0.3 is 0 Å². The van der Waals surface area contributed by atoms with Crippen molar-refractivity contribution in [2.45, 2.75) is 46.2 Å². The molecule has 0 radical (unpaired) electrons. The maximum atomic E-state index is 9.27. The highest BCUT2D eigenvalue weighted by molar-refractivity contribution is 5.30. The summed E-state index contributed by atoms with van der Waals surface area (Å²) in [5.74, 6) is 0.333.